The standard InChI is InChI=1S/C17H21NO2/c1-12-8-9-13(2)17(10-12)20-11-15(18)14-6-4-5-7-16(14)19-3/h4-10,15H,11,18H2,1-3H3. The summed E-state index contributed by atoms with van der Waals surface area (Å²) in [4.78, 5) is 0. The van der Waals surface area contributed by atoms with Crippen molar-refractivity contribution in [3.05, 3.63) is 59.2 Å². The lowest BCUT2D eigenvalue weighted by Crippen LogP contribution is -2.20. The Hall–Kier alpha value is -2.00. The molecule has 0 bridgehead atoms. The largest absolute Gasteiger partial charge is 0.496 e. The van der Waals surface area contributed by atoms with Crippen LogP contribution < -0.4 is 15.2 Å². The van der Waals surface area contributed by atoms with Crippen LogP contribution in [0.25, 0.3) is 0 Å². The van der Waals surface area contributed by atoms with Gasteiger partial charge in [-0.3, -0.25) is 0 Å². The van der Waals surface area contributed by atoms with Crippen molar-refractivity contribution < 1.29 is 9.47 Å². The normalized spacial score (nSPS) is 12.0. The number of methoxy groups -OCH3 is 1. The molecule has 0 fully saturated rings. The summed E-state index contributed by atoms with van der Waals surface area (Å²) < 4.78 is 11.2. The van der Waals surface area contributed by atoms with Crippen LogP contribution in [-0.2, 0) is 0 Å². The number of rotatable bonds is 5. The summed E-state index contributed by atoms with van der Waals surface area (Å²) in [5, 5.41) is 0. The lowest BCUT2D eigenvalue weighted by molar-refractivity contribution is 0.284. The van der Waals surface area contributed by atoms with Crippen LogP contribution in [0.15, 0.2) is 42.5 Å². The minimum Gasteiger partial charge on any atom is -0.496 e. The van der Waals surface area contributed by atoms with Crippen molar-refractivity contribution in [2.75, 3.05) is 13.7 Å². The van der Waals surface area contributed by atoms with E-state index in [-0.39, 0.29) is 6.04 Å². The molecule has 2 aromatic carbocycles. The van der Waals surface area contributed by atoms with Crippen LogP contribution in [0.2, 0.25) is 0 Å². The third-order valence-corrected chi connectivity index (χ3v) is 3.30. The Morgan fingerprint density at radius 2 is 1.80 bits per heavy atom. The van der Waals surface area contributed by atoms with Crippen LogP contribution >= 0.6 is 0 Å². The van der Waals surface area contributed by atoms with Gasteiger partial charge in [0.15, 0.2) is 0 Å². The molecule has 1 unspecified atom stereocenters. The van der Waals surface area contributed by atoms with Crippen molar-refractivity contribution in [3.63, 3.8) is 0 Å². The summed E-state index contributed by atoms with van der Waals surface area (Å²) in [5.74, 6) is 1.68. The molecule has 0 saturated carbocycles. The maximum absolute atomic E-state index is 6.20. The molecule has 106 valence electrons. The van der Waals surface area contributed by atoms with E-state index in [1.807, 2.05) is 44.2 Å². The molecule has 0 aliphatic heterocycles. The monoisotopic (exact) mass is 271 g/mol. The van der Waals surface area contributed by atoms with Crippen LogP contribution in [-0.4, -0.2) is 13.7 Å². The van der Waals surface area contributed by atoms with E-state index in [2.05, 4.69) is 12.1 Å². The maximum Gasteiger partial charge on any atom is 0.123 e. The Morgan fingerprint density at radius 1 is 1.05 bits per heavy atom. The van der Waals surface area contributed by atoms with Gasteiger partial charge in [-0.05, 0) is 37.1 Å². The molecule has 0 aliphatic rings. The number of hydrogen-bond donors (Lipinski definition) is 1. The first-order valence-corrected chi connectivity index (χ1v) is 6.70. The maximum atomic E-state index is 6.20. The van der Waals surface area contributed by atoms with Gasteiger partial charge in [-0.2, -0.15) is 0 Å². The molecule has 2 aromatic rings. The first kappa shape index (κ1) is 14.4. The second-order valence-electron chi connectivity index (χ2n) is 4.93. The van der Waals surface area contributed by atoms with Crippen molar-refractivity contribution in [3.8, 4) is 11.5 Å². The molecule has 2 N–H and O–H groups in total. The van der Waals surface area contributed by atoms with E-state index in [4.69, 9.17) is 15.2 Å². The van der Waals surface area contributed by atoms with Gasteiger partial charge in [-0.15, -0.1) is 0 Å². The van der Waals surface area contributed by atoms with Crippen molar-refractivity contribution in [2.45, 2.75) is 19.9 Å². The van der Waals surface area contributed by atoms with Crippen LogP contribution in [0.1, 0.15) is 22.7 Å². The lowest BCUT2D eigenvalue weighted by Gasteiger charge is -2.17. The fourth-order valence-corrected chi connectivity index (χ4v) is 2.10. The fourth-order valence-electron chi connectivity index (χ4n) is 2.10. The smallest absolute Gasteiger partial charge is 0.123 e. The van der Waals surface area contributed by atoms with Gasteiger partial charge >= 0.3 is 0 Å². The Balaban J connectivity index is 2.08. The van der Waals surface area contributed by atoms with Gasteiger partial charge in [0, 0.05) is 5.56 Å². The average Bonchev–Trinajstić information content (AvgIpc) is 2.47. The third-order valence-electron chi connectivity index (χ3n) is 3.30. The predicted molar refractivity (Wildman–Crippen MR) is 81.3 cm³/mol. The highest BCUT2D eigenvalue weighted by atomic mass is 16.5. The molecule has 2 rings (SSSR count). The average molecular weight is 271 g/mol. The van der Waals surface area contributed by atoms with E-state index in [1.165, 1.54) is 5.56 Å². The summed E-state index contributed by atoms with van der Waals surface area (Å²) in [6.45, 7) is 4.50. The number of benzene rings is 2. The minimum absolute atomic E-state index is 0.217. The highest BCUT2D eigenvalue weighted by Gasteiger charge is 2.12. The van der Waals surface area contributed by atoms with E-state index in [0.717, 1.165) is 22.6 Å². The van der Waals surface area contributed by atoms with Crippen molar-refractivity contribution in [1.29, 1.82) is 0 Å². The summed E-state index contributed by atoms with van der Waals surface area (Å²) in [6.07, 6.45) is 0. The Morgan fingerprint density at radius 3 is 2.55 bits per heavy atom. The molecule has 0 aromatic heterocycles. The highest BCUT2D eigenvalue weighted by molar-refractivity contribution is 5.37. The molecule has 20 heavy (non-hydrogen) atoms. The van der Waals surface area contributed by atoms with E-state index in [0.29, 0.717) is 6.61 Å². The first-order chi connectivity index (χ1) is 9.61. The minimum atomic E-state index is -0.217. The number of aryl methyl sites for hydroxylation is 2. The number of para-hydroxylation sites is 1. The molecule has 0 aliphatic carbocycles. The number of hydrogen-bond acceptors (Lipinski definition) is 3. The van der Waals surface area contributed by atoms with E-state index >= 15 is 0 Å². The second kappa shape index (κ2) is 6.44. The van der Waals surface area contributed by atoms with Crippen molar-refractivity contribution >= 4 is 0 Å². The van der Waals surface area contributed by atoms with Gasteiger partial charge in [-0.1, -0.05) is 30.3 Å². The second-order valence-corrected chi connectivity index (χ2v) is 4.93. The molecular weight excluding hydrogens is 250 g/mol. The van der Waals surface area contributed by atoms with Crippen LogP contribution in [0.3, 0.4) is 0 Å². The highest BCUT2D eigenvalue weighted by Crippen LogP contribution is 2.25. The third kappa shape index (κ3) is 3.31. The topological polar surface area (TPSA) is 44.5 Å². The SMILES string of the molecule is COc1ccccc1C(N)COc1cc(C)ccc1C. The van der Waals surface area contributed by atoms with Gasteiger partial charge in [0.2, 0.25) is 0 Å². The van der Waals surface area contributed by atoms with Crippen LogP contribution in [0, 0.1) is 13.8 Å². The van der Waals surface area contributed by atoms with Gasteiger partial charge in [0.1, 0.15) is 18.1 Å². The van der Waals surface area contributed by atoms with E-state index in [9.17, 15) is 0 Å². The molecule has 0 spiro atoms. The fraction of sp³-hybridized carbons (Fsp3) is 0.294. The van der Waals surface area contributed by atoms with Gasteiger partial charge < -0.3 is 15.2 Å². The Kier molecular flexibility index (Phi) is 4.64. The lowest BCUT2D eigenvalue weighted by atomic mass is 10.1. The van der Waals surface area contributed by atoms with Crippen molar-refractivity contribution in [2.24, 2.45) is 5.73 Å². The molecule has 0 amide bonds. The van der Waals surface area contributed by atoms with Gasteiger partial charge in [0.05, 0.1) is 13.2 Å². The molecule has 0 heterocycles. The molecular formula is C17H21NO2. The molecule has 3 nitrogen and oxygen atoms in total. The number of nitrogens with two attached hydrogens (primary N) is 1. The Labute approximate surface area is 120 Å². The summed E-state index contributed by atoms with van der Waals surface area (Å²) in [6, 6.07) is 13.7. The summed E-state index contributed by atoms with van der Waals surface area (Å²) in [7, 11) is 1.65. The number of ether oxygens (including phenoxy) is 2. The first-order valence-electron chi connectivity index (χ1n) is 6.70. The zero-order valence-corrected chi connectivity index (χ0v) is 12.2. The van der Waals surface area contributed by atoms with Gasteiger partial charge in [-0.25, -0.2) is 0 Å². The zero-order valence-electron chi connectivity index (χ0n) is 12.2. The molecule has 1 atom stereocenters. The summed E-state index contributed by atoms with van der Waals surface area (Å²) >= 11 is 0. The zero-order chi connectivity index (χ0) is 14.5. The molecule has 0 saturated heterocycles. The van der Waals surface area contributed by atoms with E-state index in [1.54, 1.807) is 7.11 Å². The van der Waals surface area contributed by atoms with Crippen LogP contribution in [0.5, 0.6) is 11.5 Å². The summed E-state index contributed by atoms with van der Waals surface area (Å²) in [5.41, 5.74) is 9.45. The quantitative estimate of drug-likeness (QED) is 0.906. The van der Waals surface area contributed by atoms with Gasteiger partial charge in [0.25, 0.3) is 0 Å². The van der Waals surface area contributed by atoms with E-state index < -0.39 is 0 Å². The van der Waals surface area contributed by atoms with Crippen LogP contribution in [0.4, 0.5) is 0 Å². The van der Waals surface area contributed by atoms with Crippen molar-refractivity contribution in [1.82, 2.24) is 0 Å². The molecule has 0 radical (unpaired) electrons. The molecule has 3 heteroatoms. The Bertz CT molecular complexity index is 581. The predicted octanol–water partition coefficient (Wildman–Crippen LogP) is 3.39.